The zero-order valence-corrected chi connectivity index (χ0v) is 11.1. The molecular formula is C15H15FN2O2. The maximum atomic E-state index is 13.9. The predicted octanol–water partition coefficient (Wildman–Crippen LogP) is 3.06. The van der Waals surface area contributed by atoms with Crippen LogP contribution in [0.2, 0.25) is 0 Å². The number of benzene rings is 1. The summed E-state index contributed by atoms with van der Waals surface area (Å²) in [6.45, 7) is 2.04. The standard InChI is InChI=1S/C15H15FN2O2/c1-2-4-14-17-9-10-18(14)13-6-3-5-12(16)11(13)7-8-15(19)20/h3,5-10H,2,4H2,1H3,(H,19,20)/b8-7+. The van der Waals surface area contributed by atoms with Crippen molar-refractivity contribution in [3.63, 3.8) is 0 Å². The van der Waals surface area contributed by atoms with Crippen molar-refractivity contribution in [3.05, 3.63) is 53.9 Å². The second-order valence-corrected chi connectivity index (χ2v) is 4.31. The van der Waals surface area contributed by atoms with Crippen LogP contribution in [0, 0.1) is 5.82 Å². The van der Waals surface area contributed by atoms with Gasteiger partial charge in [-0.2, -0.15) is 0 Å². The molecule has 0 spiro atoms. The lowest BCUT2D eigenvalue weighted by Gasteiger charge is -2.11. The molecule has 0 aliphatic heterocycles. The van der Waals surface area contributed by atoms with E-state index >= 15 is 0 Å². The fraction of sp³-hybridized carbons (Fsp3) is 0.200. The number of imidazole rings is 1. The number of aromatic nitrogens is 2. The Morgan fingerprint density at radius 3 is 3.00 bits per heavy atom. The molecule has 0 radical (unpaired) electrons. The van der Waals surface area contributed by atoms with Gasteiger partial charge >= 0.3 is 5.97 Å². The van der Waals surface area contributed by atoms with Crippen LogP contribution in [0.4, 0.5) is 4.39 Å². The van der Waals surface area contributed by atoms with Crippen LogP contribution in [0.1, 0.15) is 24.7 Å². The fourth-order valence-electron chi connectivity index (χ4n) is 2.02. The zero-order valence-electron chi connectivity index (χ0n) is 11.1. The number of aryl methyl sites for hydroxylation is 1. The third-order valence-electron chi connectivity index (χ3n) is 2.87. The first-order valence-electron chi connectivity index (χ1n) is 6.35. The Hall–Kier alpha value is -2.43. The van der Waals surface area contributed by atoms with E-state index < -0.39 is 11.8 Å². The first-order valence-corrected chi connectivity index (χ1v) is 6.35. The predicted molar refractivity (Wildman–Crippen MR) is 74.2 cm³/mol. The normalized spacial score (nSPS) is 11.1. The lowest BCUT2D eigenvalue weighted by molar-refractivity contribution is -0.131. The zero-order chi connectivity index (χ0) is 14.5. The lowest BCUT2D eigenvalue weighted by Crippen LogP contribution is -2.03. The first kappa shape index (κ1) is 14.0. The molecule has 0 atom stereocenters. The SMILES string of the molecule is CCCc1nccn1-c1cccc(F)c1/C=C/C(=O)O. The Labute approximate surface area is 116 Å². The molecule has 1 heterocycles. The summed E-state index contributed by atoms with van der Waals surface area (Å²) < 4.78 is 15.7. The minimum absolute atomic E-state index is 0.241. The first-order chi connectivity index (χ1) is 9.63. The number of carbonyl (C=O) groups is 1. The minimum atomic E-state index is -1.11. The topological polar surface area (TPSA) is 55.1 Å². The van der Waals surface area contributed by atoms with Gasteiger partial charge in [0.1, 0.15) is 11.6 Å². The Bertz CT molecular complexity index is 647. The van der Waals surface area contributed by atoms with Crippen molar-refractivity contribution in [3.8, 4) is 5.69 Å². The average molecular weight is 274 g/mol. The Kier molecular flexibility index (Phi) is 4.30. The van der Waals surface area contributed by atoms with Gasteiger partial charge in [0.15, 0.2) is 0 Å². The van der Waals surface area contributed by atoms with Crippen LogP contribution in [0.3, 0.4) is 0 Å². The highest BCUT2D eigenvalue weighted by Crippen LogP contribution is 2.21. The van der Waals surface area contributed by atoms with Gasteiger partial charge in [-0.05, 0) is 24.6 Å². The molecule has 2 rings (SSSR count). The van der Waals surface area contributed by atoms with Crippen LogP contribution in [0.25, 0.3) is 11.8 Å². The monoisotopic (exact) mass is 274 g/mol. The quantitative estimate of drug-likeness (QED) is 0.852. The summed E-state index contributed by atoms with van der Waals surface area (Å²) in [4.78, 5) is 14.9. The molecule has 0 fully saturated rings. The minimum Gasteiger partial charge on any atom is -0.478 e. The molecule has 0 aliphatic rings. The van der Waals surface area contributed by atoms with Crippen molar-refractivity contribution in [1.29, 1.82) is 0 Å². The van der Waals surface area contributed by atoms with Crippen LogP contribution >= 0.6 is 0 Å². The molecule has 0 aliphatic carbocycles. The van der Waals surface area contributed by atoms with Gasteiger partial charge in [-0.15, -0.1) is 0 Å². The summed E-state index contributed by atoms with van der Waals surface area (Å²) >= 11 is 0. The summed E-state index contributed by atoms with van der Waals surface area (Å²) in [6.07, 6.45) is 7.29. The summed E-state index contributed by atoms with van der Waals surface area (Å²) in [5.41, 5.74) is 0.828. The van der Waals surface area contributed by atoms with Crippen molar-refractivity contribution < 1.29 is 14.3 Å². The molecule has 0 saturated heterocycles. The highest BCUT2D eigenvalue weighted by Gasteiger charge is 2.11. The van der Waals surface area contributed by atoms with Crippen LogP contribution in [-0.4, -0.2) is 20.6 Å². The van der Waals surface area contributed by atoms with E-state index in [4.69, 9.17) is 5.11 Å². The molecule has 2 aromatic rings. The number of rotatable bonds is 5. The molecule has 5 heteroatoms. The molecule has 0 bridgehead atoms. The van der Waals surface area contributed by atoms with Crippen molar-refractivity contribution in [2.45, 2.75) is 19.8 Å². The van der Waals surface area contributed by atoms with Gasteiger partial charge in [0.25, 0.3) is 0 Å². The van der Waals surface area contributed by atoms with Gasteiger partial charge in [0.05, 0.1) is 5.69 Å². The Morgan fingerprint density at radius 1 is 1.50 bits per heavy atom. The van der Waals surface area contributed by atoms with Crippen LogP contribution in [0.15, 0.2) is 36.7 Å². The largest absolute Gasteiger partial charge is 0.478 e. The maximum absolute atomic E-state index is 13.9. The van der Waals surface area contributed by atoms with Gasteiger partial charge in [0.2, 0.25) is 0 Å². The van der Waals surface area contributed by atoms with Crippen LogP contribution in [-0.2, 0) is 11.2 Å². The molecule has 1 N–H and O–H groups in total. The van der Waals surface area contributed by atoms with Gasteiger partial charge in [0, 0.05) is 30.5 Å². The van der Waals surface area contributed by atoms with E-state index in [1.165, 1.54) is 12.1 Å². The van der Waals surface area contributed by atoms with Crippen molar-refractivity contribution >= 4 is 12.0 Å². The second-order valence-electron chi connectivity index (χ2n) is 4.31. The number of hydrogen-bond acceptors (Lipinski definition) is 2. The second kappa shape index (κ2) is 6.14. The smallest absolute Gasteiger partial charge is 0.328 e. The third kappa shape index (κ3) is 2.93. The fourth-order valence-corrected chi connectivity index (χ4v) is 2.02. The molecule has 20 heavy (non-hydrogen) atoms. The lowest BCUT2D eigenvalue weighted by atomic mass is 10.1. The average Bonchev–Trinajstić information content (AvgIpc) is 2.85. The molecule has 104 valence electrons. The van der Waals surface area contributed by atoms with Gasteiger partial charge in [-0.1, -0.05) is 13.0 Å². The van der Waals surface area contributed by atoms with Crippen molar-refractivity contribution in [1.82, 2.24) is 9.55 Å². The Balaban J connectivity index is 2.53. The van der Waals surface area contributed by atoms with Crippen LogP contribution < -0.4 is 0 Å². The van der Waals surface area contributed by atoms with E-state index in [2.05, 4.69) is 4.98 Å². The number of hydrogen-bond donors (Lipinski definition) is 1. The van der Waals surface area contributed by atoms with E-state index in [0.29, 0.717) is 5.69 Å². The van der Waals surface area contributed by atoms with E-state index in [1.54, 1.807) is 29.1 Å². The van der Waals surface area contributed by atoms with Crippen molar-refractivity contribution in [2.24, 2.45) is 0 Å². The van der Waals surface area contributed by atoms with Gasteiger partial charge in [-0.25, -0.2) is 14.2 Å². The van der Waals surface area contributed by atoms with Crippen molar-refractivity contribution in [2.75, 3.05) is 0 Å². The summed E-state index contributed by atoms with van der Waals surface area (Å²) in [7, 11) is 0. The molecule has 1 aromatic heterocycles. The van der Waals surface area contributed by atoms with E-state index in [1.807, 2.05) is 6.92 Å². The maximum Gasteiger partial charge on any atom is 0.328 e. The number of carboxylic acid groups (broad SMARTS) is 1. The highest BCUT2D eigenvalue weighted by molar-refractivity contribution is 5.86. The molecule has 0 unspecified atom stereocenters. The molecule has 4 nitrogen and oxygen atoms in total. The Morgan fingerprint density at radius 2 is 2.30 bits per heavy atom. The molecular weight excluding hydrogens is 259 g/mol. The number of aliphatic carboxylic acids is 1. The number of carboxylic acids is 1. The van der Waals surface area contributed by atoms with E-state index in [-0.39, 0.29) is 5.56 Å². The molecule has 1 aromatic carbocycles. The summed E-state index contributed by atoms with van der Waals surface area (Å²) in [5, 5.41) is 8.70. The van der Waals surface area contributed by atoms with E-state index in [9.17, 15) is 9.18 Å². The highest BCUT2D eigenvalue weighted by atomic mass is 19.1. The molecule has 0 saturated carbocycles. The van der Waals surface area contributed by atoms with Crippen LogP contribution in [0.5, 0.6) is 0 Å². The third-order valence-corrected chi connectivity index (χ3v) is 2.87. The number of halogens is 1. The van der Waals surface area contributed by atoms with Gasteiger partial charge < -0.3 is 9.67 Å². The van der Waals surface area contributed by atoms with E-state index in [0.717, 1.165) is 24.7 Å². The summed E-state index contributed by atoms with van der Waals surface area (Å²) in [5.74, 6) is -0.752. The number of nitrogens with zero attached hydrogens (tertiary/aromatic N) is 2. The van der Waals surface area contributed by atoms with Gasteiger partial charge in [-0.3, -0.25) is 0 Å². The molecule has 0 amide bonds. The summed E-state index contributed by atoms with van der Waals surface area (Å²) in [6, 6.07) is 4.64.